The zero-order valence-electron chi connectivity index (χ0n) is 13.4. The topological polar surface area (TPSA) is 84.9 Å². The Kier molecular flexibility index (Phi) is 5.82. The van der Waals surface area contributed by atoms with E-state index in [-0.39, 0.29) is 22.0 Å². The Hall–Kier alpha value is -2.80. The van der Waals surface area contributed by atoms with E-state index in [1.165, 1.54) is 44.4 Å². The summed E-state index contributed by atoms with van der Waals surface area (Å²) in [5, 5.41) is 12.3. The fourth-order valence-electron chi connectivity index (χ4n) is 1.91. The van der Waals surface area contributed by atoms with Crippen LogP contribution in [0.5, 0.6) is 11.5 Å². The average Bonchev–Trinajstić information content (AvgIpc) is 2.56. The number of hydrogen-bond donors (Lipinski definition) is 2. The van der Waals surface area contributed by atoms with Crippen LogP contribution in [0.15, 0.2) is 36.4 Å². The first-order chi connectivity index (χ1) is 11.8. The van der Waals surface area contributed by atoms with Gasteiger partial charge in [-0.2, -0.15) is 0 Å². The van der Waals surface area contributed by atoms with Crippen molar-refractivity contribution in [2.24, 2.45) is 0 Å². The van der Waals surface area contributed by atoms with E-state index < -0.39 is 23.8 Å². The number of phenols is 1. The summed E-state index contributed by atoms with van der Waals surface area (Å²) in [4.78, 5) is 24.1. The van der Waals surface area contributed by atoms with E-state index in [0.29, 0.717) is 5.75 Å². The molecule has 0 fully saturated rings. The van der Waals surface area contributed by atoms with E-state index >= 15 is 0 Å². The largest absolute Gasteiger partial charge is 0.507 e. The van der Waals surface area contributed by atoms with Gasteiger partial charge in [0.05, 0.1) is 12.8 Å². The molecular weight excluding hydrogens is 353 g/mol. The molecule has 0 unspecified atom stereocenters. The van der Waals surface area contributed by atoms with Gasteiger partial charge in [-0.3, -0.25) is 4.79 Å². The number of anilines is 1. The van der Waals surface area contributed by atoms with Crippen molar-refractivity contribution in [2.75, 3.05) is 12.4 Å². The molecule has 0 saturated heterocycles. The Balaban J connectivity index is 2.04. The van der Waals surface area contributed by atoms with Crippen LogP contribution >= 0.6 is 11.6 Å². The maximum atomic E-state index is 13.7. The number of nitrogens with one attached hydrogen (secondary N) is 1. The zero-order valence-corrected chi connectivity index (χ0v) is 14.1. The van der Waals surface area contributed by atoms with E-state index in [9.17, 15) is 19.1 Å². The minimum atomic E-state index is -1.22. The minimum absolute atomic E-state index is 0.0930. The Morgan fingerprint density at radius 1 is 1.24 bits per heavy atom. The van der Waals surface area contributed by atoms with Gasteiger partial charge < -0.3 is 19.9 Å². The van der Waals surface area contributed by atoms with Crippen molar-refractivity contribution in [3.8, 4) is 11.5 Å². The van der Waals surface area contributed by atoms with Crippen LogP contribution in [0, 0.1) is 5.82 Å². The standard InChI is InChI=1S/C17H15ClFNO5/c1-9(16(22)20-14-6-3-10(18)7-13(14)19)25-17(23)12-5-4-11(24-2)8-15(12)21/h3-9,21H,1-2H3,(H,20,22)/t9-/m0/s1. The van der Waals surface area contributed by atoms with Gasteiger partial charge in [0.2, 0.25) is 0 Å². The second kappa shape index (κ2) is 7.85. The van der Waals surface area contributed by atoms with Gasteiger partial charge >= 0.3 is 5.97 Å². The van der Waals surface area contributed by atoms with Crippen molar-refractivity contribution in [3.05, 3.63) is 52.8 Å². The van der Waals surface area contributed by atoms with E-state index in [0.717, 1.165) is 6.07 Å². The molecule has 0 spiro atoms. The van der Waals surface area contributed by atoms with Crippen LogP contribution in [0.25, 0.3) is 0 Å². The number of hydrogen-bond acceptors (Lipinski definition) is 5. The third-order valence-corrected chi connectivity index (χ3v) is 3.50. The molecule has 0 radical (unpaired) electrons. The van der Waals surface area contributed by atoms with E-state index in [2.05, 4.69) is 5.32 Å². The van der Waals surface area contributed by atoms with Crippen molar-refractivity contribution >= 4 is 29.2 Å². The number of rotatable bonds is 5. The maximum Gasteiger partial charge on any atom is 0.342 e. The molecule has 2 N–H and O–H groups in total. The van der Waals surface area contributed by atoms with E-state index in [1.54, 1.807) is 0 Å². The first-order valence-electron chi connectivity index (χ1n) is 7.15. The molecule has 0 aliphatic heterocycles. The number of amides is 1. The third kappa shape index (κ3) is 4.60. The Morgan fingerprint density at radius 2 is 1.96 bits per heavy atom. The summed E-state index contributed by atoms with van der Waals surface area (Å²) in [5.41, 5.74) is -0.220. The lowest BCUT2D eigenvalue weighted by molar-refractivity contribution is -0.123. The highest BCUT2D eigenvalue weighted by atomic mass is 35.5. The van der Waals surface area contributed by atoms with Crippen molar-refractivity contribution in [1.29, 1.82) is 0 Å². The molecule has 0 aliphatic carbocycles. The molecule has 1 amide bonds. The van der Waals surface area contributed by atoms with E-state index in [1.807, 2.05) is 0 Å². The van der Waals surface area contributed by atoms with Crippen molar-refractivity contribution < 1.29 is 28.6 Å². The average molecular weight is 368 g/mol. The Labute approximate surface area is 148 Å². The summed E-state index contributed by atoms with van der Waals surface area (Å²) in [6, 6.07) is 7.75. The predicted molar refractivity (Wildman–Crippen MR) is 89.6 cm³/mol. The number of benzene rings is 2. The number of aromatic hydroxyl groups is 1. The second-order valence-electron chi connectivity index (χ2n) is 5.04. The molecule has 0 aromatic heterocycles. The summed E-state index contributed by atoms with van der Waals surface area (Å²) in [6.45, 7) is 1.32. The predicted octanol–water partition coefficient (Wildman–Crippen LogP) is 3.38. The quantitative estimate of drug-likeness (QED) is 0.791. The number of halogens is 2. The molecule has 0 aliphatic rings. The van der Waals surface area contributed by atoms with Gasteiger partial charge in [-0.25, -0.2) is 9.18 Å². The molecule has 0 bridgehead atoms. The molecular formula is C17H15ClFNO5. The number of phenolic OH excluding ortho intramolecular Hbond substituents is 1. The molecule has 2 rings (SSSR count). The van der Waals surface area contributed by atoms with Crippen LogP contribution < -0.4 is 10.1 Å². The monoisotopic (exact) mass is 367 g/mol. The lowest BCUT2D eigenvalue weighted by Crippen LogP contribution is -2.30. The summed E-state index contributed by atoms with van der Waals surface area (Å²) < 4.78 is 23.6. The first-order valence-corrected chi connectivity index (χ1v) is 7.53. The van der Waals surface area contributed by atoms with Crippen LogP contribution in [-0.2, 0) is 9.53 Å². The smallest absolute Gasteiger partial charge is 0.342 e. The summed E-state index contributed by atoms with van der Waals surface area (Å²) in [6.07, 6.45) is -1.22. The number of methoxy groups -OCH3 is 1. The van der Waals surface area contributed by atoms with Crippen LogP contribution in [-0.4, -0.2) is 30.2 Å². The molecule has 2 aromatic rings. The Morgan fingerprint density at radius 3 is 2.56 bits per heavy atom. The second-order valence-corrected chi connectivity index (χ2v) is 5.48. The fourth-order valence-corrected chi connectivity index (χ4v) is 2.07. The highest BCUT2D eigenvalue weighted by Gasteiger charge is 2.22. The molecule has 0 heterocycles. The molecule has 1 atom stereocenters. The normalized spacial score (nSPS) is 11.5. The maximum absolute atomic E-state index is 13.7. The number of ether oxygens (including phenoxy) is 2. The number of carbonyl (C=O) groups is 2. The zero-order chi connectivity index (χ0) is 18.6. The number of carbonyl (C=O) groups excluding carboxylic acids is 2. The van der Waals surface area contributed by atoms with Gasteiger partial charge in [0.25, 0.3) is 5.91 Å². The van der Waals surface area contributed by atoms with Gasteiger partial charge in [0.15, 0.2) is 6.10 Å². The third-order valence-electron chi connectivity index (χ3n) is 3.27. The summed E-state index contributed by atoms with van der Waals surface area (Å²) >= 11 is 5.63. The van der Waals surface area contributed by atoms with Gasteiger partial charge in [-0.1, -0.05) is 11.6 Å². The van der Waals surface area contributed by atoms with Crippen LogP contribution in [0.4, 0.5) is 10.1 Å². The molecule has 25 heavy (non-hydrogen) atoms. The van der Waals surface area contributed by atoms with E-state index in [4.69, 9.17) is 21.1 Å². The van der Waals surface area contributed by atoms with Crippen molar-refractivity contribution in [3.63, 3.8) is 0 Å². The summed E-state index contributed by atoms with van der Waals surface area (Å²) in [5.74, 6) is -2.34. The van der Waals surface area contributed by atoms with Crippen LogP contribution in [0.2, 0.25) is 5.02 Å². The van der Waals surface area contributed by atoms with Crippen molar-refractivity contribution in [1.82, 2.24) is 0 Å². The highest BCUT2D eigenvalue weighted by molar-refractivity contribution is 6.30. The van der Waals surface area contributed by atoms with Gasteiger partial charge in [-0.15, -0.1) is 0 Å². The minimum Gasteiger partial charge on any atom is -0.507 e. The fraction of sp³-hybridized carbons (Fsp3) is 0.176. The van der Waals surface area contributed by atoms with Crippen LogP contribution in [0.3, 0.4) is 0 Å². The summed E-state index contributed by atoms with van der Waals surface area (Å²) in [7, 11) is 1.41. The number of esters is 1. The highest BCUT2D eigenvalue weighted by Crippen LogP contribution is 2.24. The molecule has 132 valence electrons. The lowest BCUT2D eigenvalue weighted by atomic mass is 10.2. The SMILES string of the molecule is COc1ccc(C(=O)O[C@@H](C)C(=O)Nc2ccc(Cl)cc2F)c(O)c1. The van der Waals surface area contributed by atoms with Gasteiger partial charge in [0, 0.05) is 11.1 Å². The molecule has 6 nitrogen and oxygen atoms in total. The van der Waals surface area contributed by atoms with Gasteiger partial charge in [0.1, 0.15) is 22.9 Å². The van der Waals surface area contributed by atoms with Gasteiger partial charge in [-0.05, 0) is 37.3 Å². The molecule has 8 heteroatoms. The lowest BCUT2D eigenvalue weighted by Gasteiger charge is -2.14. The molecule has 0 saturated carbocycles. The van der Waals surface area contributed by atoms with Crippen molar-refractivity contribution in [2.45, 2.75) is 13.0 Å². The Bertz CT molecular complexity index is 812. The van der Waals surface area contributed by atoms with Crippen LogP contribution in [0.1, 0.15) is 17.3 Å². The molecule has 2 aromatic carbocycles. The first kappa shape index (κ1) is 18.5.